The second-order valence-corrected chi connectivity index (χ2v) is 11.3. The Bertz CT molecular complexity index is 2120. The highest BCUT2D eigenvalue weighted by atomic mass is 32.1. The van der Waals surface area contributed by atoms with Crippen molar-refractivity contribution in [3.63, 3.8) is 0 Å². The predicted molar refractivity (Wildman–Crippen MR) is 176 cm³/mol. The monoisotopic (exact) mass is 555 g/mol. The van der Waals surface area contributed by atoms with E-state index in [1.807, 2.05) is 12.1 Å². The Labute approximate surface area is 248 Å². The van der Waals surface area contributed by atoms with Gasteiger partial charge in [0.1, 0.15) is 0 Å². The van der Waals surface area contributed by atoms with E-state index in [4.69, 9.17) is 9.97 Å². The smallest absolute Gasteiger partial charge is 0.170 e. The second-order valence-electron chi connectivity index (χ2n) is 10.3. The Morgan fingerprint density at radius 3 is 1.74 bits per heavy atom. The van der Waals surface area contributed by atoms with Gasteiger partial charge < -0.3 is 4.57 Å². The average molecular weight is 556 g/mol. The van der Waals surface area contributed by atoms with Crippen LogP contribution < -0.4 is 0 Å². The number of nitrogens with zero attached hydrogens (tertiary/aromatic N) is 3. The van der Waals surface area contributed by atoms with E-state index in [1.165, 1.54) is 32.9 Å². The maximum absolute atomic E-state index is 5.07. The number of aromatic nitrogens is 3. The third-order valence-electron chi connectivity index (χ3n) is 7.74. The van der Waals surface area contributed by atoms with E-state index >= 15 is 0 Å². The summed E-state index contributed by atoms with van der Waals surface area (Å²) in [6.45, 7) is 0. The molecule has 3 nitrogen and oxygen atoms in total. The highest BCUT2D eigenvalue weighted by Gasteiger charge is 2.15. The molecule has 0 spiro atoms. The lowest BCUT2D eigenvalue weighted by Crippen LogP contribution is -1.97. The summed E-state index contributed by atoms with van der Waals surface area (Å²) >= 11 is 1.66. The third-order valence-corrected chi connectivity index (χ3v) is 8.60. The highest BCUT2D eigenvalue weighted by molar-refractivity contribution is 7.13. The zero-order valence-corrected chi connectivity index (χ0v) is 23.5. The number of benzene rings is 5. The van der Waals surface area contributed by atoms with Gasteiger partial charge in [-0.05, 0) is 52.9 Å². The van der Waals surface area contributed by atoms with E-state index in [0.717, 1.165) is 38.9 Å². The first-order valence-electron chi connectivity index (χ1n) is 14.0. The second kappa shape index (κ2) is 10.3. The molecule has 0 fully saturated rings. The Balaban J connectivity index is 1.27. The van der Waals surface area contributed by atoms with Crippen LogP contribution in [-0.2, 0) is 0 Å². The Morgan fingerprint density at radius 2 is 1.05 bits per heavy atom. The van der Waals surface area contributed by atoms with E-state index in [-0.39, 0.29) is 0 Å². The van der Waals surface area contributed by atoms with Crippen LogP contribution in [0.15, 0.2) is 151 Å². The summed E-state index contributed by atoms with van der Waals surface area (Å²) in [5.41, 5.74) is 9.80. The molecule has 0 saturated heterocycles. The molecule has 0 saturated carbocycles. The van der Waals surface area contributed by atoms with Gasteiger partial charge >= 0.3 is 0 Å². The fourth-order valence-corrected chi connectivity index (χ4v) is 6.39. The molecule has 0 unspecified atom stereocenters. The maximum atomic E-state index is 5.07. The minimum Gasteiger partial charge on any atom is -0.309 e. The summed E-state index contributed by atoms with van der Waals surface area (Å²) in [6, 6.07) is 51.2. The van der Waals surface area contributed by atoms with E-state index < -0.39 is 0 Å². The molecule has 8 aromatic rings. The minimum absolute atomic E-state index is 0.743. The number of hydrogen-bond donors (Lipinski definition) is 0. The molecule has 0 aliphatic carbocycles. The van der Waals surface area contributed by atoms with Crippen LogP contribution >= 0.6 is 11.3 Å². The normalized spacial score (nSPS) is 11.3. The first-order valence-corrected chi connectivity index (χ1v) is 14.9. The summed E-state index contributed by atoms with van der Waals surface area (Å²) < 4.78 is 2.35. The molecule has 42 heavy (non-hydrogen) atoms. The van der Waals surface area contributed by atoms with E-state index in [2.05, 4.69) is 143 Å². The predicted octanol–water partition coefficient (Wildman–Crippen LogP) is 10.3. The Morgan fingerprint density at radius 1 is 0.452 bits per heavy atom. The zero-order valence-electron chi connectivity index (χ0n) is 22.7. The minimum atomic E-state index is 0.743. The largest absolute Gasteiger partial charge is 0.309 e. The van der Waals surface area contributed by atoms with Crippen LogP contribution in [0.25, 0.3) is 71.8 Å². The van der Waals surface area contributed by atoms with Crippen LogP contribution in [0, 0.1) is 0 Å². The lowest BCUT2D eigenvalue weighted by molar-refractivity contribution is 1.17. The van der Waals surface area contributed by atoms with Gasteiger partial charge in [0, 0.05) is 27.6 Å². The molecule has 4 heteroatoms. The number of thiophene rings is 1. The van der Waals surface area contributed by atoms with E-state index in [1.54, 1.807) is 11.3 Å². The molecule has 0 N–H and O–H groups in total. The SMILES string of the molecule is c1ccc(-c2ccc(-c3cc(-c4cccc(-n5c6ccccc6c6ccccc65)c4)nc(-c4cccs4)n3)cc2)cc1. The number of hydrogen-bond acceptors (Lipinski definition) is 3. The van der Waals surface area contributed by atoms with Gasteiger partial charge in [-0.15, -0.1) is 11.3 Å². The Hall–Kier alpha value is -5.32. The molecule has 0 aliphatic rings. The topological polar surface area (TPSA) is 30.7 Å². The van der Waals surface area contributed by atoms with Gasteiger partial charge in [0.2, 0.25) is 0 Å². The molecule has 3 aromatic heterocycles. The van der Waals surface area contributed by atoms with Crippen LogP contribution in [0.1, 0.15) is 0 Å². The molecule has 5 aromatic carbocycles. The van der Waals surface area contributed by atoms with Gasteiger partial charge in [-0.3, -0.25) is 0 Å². The van der Waals surface area contributed by atoms with Crippen molar-refractivity contribution in [2.24, 2.45) is 0 Å². The van der Waals surface area contributed by atoms with Crippen molar-refractivity contribution in [3.8, 4) is 50.0 Å². The summed E-state index contributed by atoms with van der Waals surface area (Å²) in [6.07, 6.45) is 0. The van der Waals surface area contributed by atoms with Gasteiger partial charge in [-0.1, -0.05) is 109 Å². The van der Waals surface area contributed by atoms with Crippen LogP contribution in [0.5, 0.6) is 0 Å². The van der Waals surface area contributed by atoms with Crippen LogP contribution in [-0.4, -0.2) is 14.5 Å². The molecule has 0 atom stereocenters. The van der Waals surface area contributed by atoms with E-state index in [9.17, 15) is 0 Å². The summed E-state index contributed by atoms with van der Waals surface area (Å²) in [4.78, 5) is 11.1. The third kappa shape index (κ3) is 4.30. The molecular weight excluding hydrogens is 531 g/mol. The van der Waals surface area contributed by atoms with Crippen molar-refractivity contribution in [1.29, 1.82) is 0 Å². The molecule has 0 bridgehead atoms. The molecular formula is C38H25N3S. The van der Waals surface area contributed by atoms with Crippen molar-refractivity contribution in [3.05, 3.63) is 151 Å². The molecule has 8 rings (SSSR count). The molecule has 3 heterocycles. The molecule has 0 amide bonds. The van der Waals surface area contributed by atoms with Crippen LogP contribution in [0.3, 0.4) is 0 Å². The van der Waals surface area contributed by atoms with Crippen LogP contribution in [0.4, 0.5) is 0 Å². The summed E-state index contributed by atoms with van der Waals surface area (Å²) in [5.74, 6) is 0.743. The van der Waals surface area contributed by atoms with Gasteiger partial charge in [-0.2, -0.15) is 0 Å². The van der Waals surface area contributed by atoms with Crippen molar-refractivity contribution in [2.45, 2.75) is 0 Å². The number of fused-ring (bicyclic) bond motifs is 3. The highest BCUT2D eigenvalue weighted by Crippen LogP contribution is 2.34. The van der Waals surface area contributed by atoms with Gasteiger partial charge in [0.25, 0.3) is 0 Å². The van der Waals surface area contributed by atoms with Gasteiger partial charge in [0.15, 0.2) is 5.82 Å². The van der Waals surface area contributed by atoms with Crippen molar-refractivity contribution < 1.29 is 0 Å². The fourth-order valence-electron chi connectivity index (χ4n) is 5.73. The molecule has 0 radical (unpaired) electrons. The average Bonchev–Trinajstić information content (AvgIpc) is 3.72. The number of rotatable bonds is 5. The fraction of sp³-hybridized carbons (Fsp3) is 0. The van der Waals surface area contributed by atoms with Crippen LogP contribution in [0.2, 0.25) is 0 Å². The lowest BCUT2D eigenvalue weighted by Gasteiger charge is -2.12. The first kappa shape index (κ1) is 24.5. The molecule has 0 aliphatic heterocycles. The summed E-state index contributed by atoms with van der Waals surface area (Å²) in [7, 11) is 0. The Kier molecular flexibility index (Phi) is 5.98. The first-order chi connectivity index (χ1) is 20.8. The van der Waals surface area contributed by atoms with Crippen molar-refractivity contribution in [1.82, 2.24) is 14.5 Å². The zero-order chi connectivity index (χ0) is 27.9. The van der Waals surface area contributed by atoms with Gasteiger partial charge in [0.05, 0.1) is 27.3 Å². The van der Waals surface area contributed by atoms with E-state index in [0.29, 0.717) is 0 Å². The summed E-state index contributed by atoms with van der Waals surface area (Å²) in [5, 5.41) is 4.58. The standard InChI is InChI=1S/C38H25N3S/c1-2-10-26(11-3-1)27-19-21-28(22-20-27)33-25-34(40-38(39-33)37-18-9-23-42-37)29-12-8-13-30(24-29)41-35-16-6-4-14-31(35)32-15-5-7-17-36(32)41/h1-25H. The lowest BCUT2D eigenvalue weighted by atomic mass is 10.0. The van der Waals surface area contributed by atoms with Gasteiger partial charge in [-0.25, -0.2) is 9.97 Å². The molecule has 198 valence electrons. The number of para-hydroxylation sites is 2. The quantitative estimate of drug-likeness (QED) is 0.211. The van der Waals surface area contributed by atoms with Crippen molar-refractivity contribution >= 4 is 33.1 Å². The maximum Gasteiger partial charge on any atom is 0.170 e. The van der Waals surface area contributed by atoms with Crippen molar-refractivity contribution in [2.75, 3.05) is 0 Å².